The highest BCUT2D eigenvalue weighted by atomic mass is 35.5. The normalized spacial score (nSPS) is 11.7. The number of carbonyl (C=O) groups excluding carboxylic acids is 1. The van der Waals surface area contributed by atoms with E-state index in [0.29, 0.717) is 31.8 Å². The molecule has 0 fully saturated rings. The highest BCUT2D eigenvalue weighted by Crippen LogP contribution is 2.26. The maximum absolute atomic E-state index is 13.7. The number of aromatic carboxylic acids is 1. The van der Waals surface area contributed by atoms with Gasteiger partial charge >= 0.3 is 5.97 Å². The molecule has 1 amide bonds. The number of carbonyl (C=O) groups is 2. The summed E-state index contributed by atoms with van der Waals surface area (Å²) in [6.45, 7) is 3.18. The number of amidine groups is 1. The van der Waals surface area contributed by atoms with Gasteiger partial charge in [-0.2, -0.15) is 0 Å². The molecule has 0 saturated carbocycles. The van der Waals surface area contributed by atoms with Gasteiger partial charge in [0.15, 0.2) is 0 Å². The summed E-state index contributed by atoms with van der Waals surface area (Å²) in [6.07, 6.45) is 1.16. The minimum atomic E-state index is -1.17. The molecule has 0 saturated heterocycles. The van der Waals surface area contributed by atoms with Crippen molar-refractivity contribution in [1.29, 1.82) is 5.41 Å². The average molecular weight is 532 g/mol. The van der Waals surface area contributed by atoms with Crippen LogP contribution in [-0.4, -0.2) is 44.8 Å². The second-order valence-electron chi connectivity index (χ2n) is 8.84. The average Bonchev–Trinajstić information content (AvgIpc) is 3.33. The lowest BCUT2D eigenvalue weighted by Crippen LogP contribution is -2.33. The predicted octanol–water partition coefficient (Wildman–Crippen LogP) is 5.48. The maximum atomic E-state index is 13.7. The molecule has 4 N–H and O–H groups in total. The molecule has 0 bridgehead atoms. The lowest BCUT2D eigenvalue weighted by molar-refractivity contribution is 0.0690. The summed E-state index contributed by atoms with van der Waals surface area (Å²) in [4.78, 5) is 30.5. The number of nitrogens with zero attached hydrogens (tertiary/aromatic N) is 2. The number of nitrogens with one attached hydrogen (secondary N) is 3. The third-order valence-electron chi connectivity index (χ3n) is 6.36. The number of hydrogen-bond donors (Lipinski definition) is 4. The van der Waals surface area contributed by atoms with Crippen molar-refractivity contribution in [2.75, 3.05) is 12.4 Å². The van der Waals surface area contributed by atoms with Gasteiger partial charge in [0.25, 0.3) is 5.91 Å². The molecule has 4 rings (SSSR count). The second-order valence-corrected chi connectivity index (χ2v) is 9.11. The molecule has 9 heteroatoms. The molecule has 1 heterocycles. The summed E-state index contributed by atoms with van der Waals surface area (Å²) >= 11 is 5.70. The Morgan fingerprint density at radius 1 is 1.03 bits per heavy atom. The number of aryl methyl sites for hydroxylation is 1. The van der Waals surface area contributed by atoms with Crippen molar-refractivity contribution in [1.82, 2.24) is 20.2 Å². The zero-order valence-corrected chi connectivity index (χ0v) is 21.8. The van der Waals surface area contributed by atoms with Gasteiger partial charge in [-0.05, 0) is 55.2 Å². The third kappa shape index (κ3) is 6.03. The van der Waals surface area contributed by atoms with E-state index in [1.165, 1.54) is 6.07 Å². The summed E-state index contributed by atoms with van der Waals surface area (Å²) in [5, 5.41) is 23.6. The van der Waals surface area contributed by atoms with E-state index in [2.05, 4.69) is 15.2 Å². The number of fused-ring (bicyclic) bond motifs is 1. The van der Waals surface area contributed by atoms with Gasteiger partial charge in [-0.3, -0.25) is 10.2 Å². The Labute approximate surface area is 226 Å². The Morgan fingerprint density at radius 2 is 1.76 bits per heavy atom. The van der Waals surface area contributed by atoms with Crippen LogP contribution in [0.1, 0.15) is 52.3 Å². The fraction of sp³-hybridized carbons (Fsp3) is 0.241. The van der Waals surface area contributed by atoms with E-state index < -0.39 is 17.9 Å². The Bertz CT molecular complexity index is 1450. The highest BCUT2D eigenvalue weighted by Gasteiger charge is 2.25. The highest BCUT2D eigenvalue weighted by molar-refractivity contribution is 6.27. The van der Waals surface area contributed by atoms with Crippen LogP contribution in [0.2, 0.25) is 0 Å². The molecule has 0 aliphatic carbocycles. The molecule has 0 unspecified atom stereocenters. The number of amides is 1. The number of carboxylic acids is 1. The van der Waals surface area contributed by atoms with Crippen LogP contribution in [0, 0.1) is 5.41 Å². The van der Waals surface area contributed by atoms with Crippen molar-refractivity contribution >= 4 is 40.3 Å². The molecule has 4 aromatic rings. The maximum Gasteiger partial charge on any atom is 0.336 e. The van der Waals surface area contributed by atoms with E-state index in [9.17, 15) is 14.7 Å². The van der Waals surface area contributed by atoms with Gasteiger partial charge in [-0.25, -0.2) is 9.78 Å². The molecule has 0 radical (unpaired) electrons. The number of benzene rings is 3. The summed E-state index contributed by atoms with van der Waals surface area (Å²) in [5.74, 6) is -0.624. The van der Waals surface area contributed by atoms with E-state index in [1.54, 1.807) is 12.1 Å². The van der Waals surface area contributed by atoms with Crippen LogP contribution in [0.15, 0.2) is 72.8 Å². The summed E-state index contributed by atoms with van der Waals surface area (Å²) < 4.78 is 2.06. The fourth-order valence-corrected chi connectivity index (χ4v) is 4.61. The molecular formula is C29H30ClN5O3. The molecular weight excluding hydrogens is 502 g/mol. The number of alkyl halides is 1. The van der Waals surface area contributed by atoms with Crippen LogP contribution in [0.3, 0.4) is 0 Å². The Morgan fingerprint density at radius 3 is 2.47 bits per heavy atom. The van der Waals surface area contributed by atoms with Gasteiger partial charge in [0.2, 0.25) is 0 Å². The minimum Gasteiger partial charge on any atom is -0.478 e. The van der Waals surface area contributed by atoms with Crippen LogP contribution in [0.4, 0.5) is 0 Å². The Kier molecular flexibility index (Phi) is 8.76. The molecule has 3 aromatic carbocycles. The predicted molar refractivity (Wildman–Crippen MR) is 150 cm³/mol. The zero-order valence-electron chi connectivity index (χ0n) is 21.1. The van der Waals surface area contributed by atoms with Gasteiger partial charge < -0.3 is 20.3 Å². The van der Waals surface area contributed by atoms with E-state index in [-0.39, 0.29) is 22.8 Å². The van der Waals surface area contributed by atoms with Gasteiger partial charge in [0, 0.05) is 13.1 Å². The van der Waals surface area contributed by atoms with Crippen molar-refractivity contribution in [2.45, 2.75) is 32.4 Å². The van der Waals surface area contributed by atoms with Gasteiger partial charge in [0.05, 0.1) is 34.1 Å². The lowest BCUT2D eigenvalue weighted by atomic mass is 9.98. The lowest BCUT2D eigenvalue weighted by Gasteiger charge is -2.21. The van der Waals surface area contributed by atoms with Crippen molar-refractivity contribution in [3.8, 4) is 11.1 Å². The molecule has 196 valence electrons. The number of carboxylic acid groups (broad SMARTS) is 1. The number of rotatable bonds is 11. The van der Waals surface area contributed by atoms with Crippen LogP contribution in [0.5, 0.6) is 0 Å². The SMILES string of the molecule is CCn1c([C@H](CCCNC(=N)CCl)NC(=O)c2cc(-c3ccccc3)ccc2C(=O)O)nc2ccccc21. The second kappa shape index (κ2) is 12.4. The van der Waals surface area contributed by atoms with Gasteiger partial charge in [-0.1, -0.05) is 48.5 Å². The number of para-hydroxylation sites is 2. The van der Waals surface area contributed by atoms with E-state index in [1.807, 2.05) is 61.5 Å². The van der Waals surface area contributed by atoms with Crippen LogP contribution < -0.4 is 10.6 Å². The summed E-state index contributed by atoms with van der Waals surface area (Å²) in [5.41, 5.74) is 3.44. The van der Waals surface area contributed by atoms with E-state index >= 15 is 0 Å². The number of halogens is 1. The van der Waals surface area contributed by atoms with E-state index in [4.69, 9.17) is 22.0 Å². The topological polar surface area (TPSA) is 120 Å². The first kappa shape index (κ1) is 26.9. The monoisotopic (exact) mass is 531 g/mol. The zero-order chi connectivity index (χ0) is 27.1. The first-order chi connectivity index (χ1) is 18.4. The number of aromatic nitrogens is 2. The third-order valence-corrected chi connectivity index (χ3v) is 6.63. The van der Waals surface area contributed by atoms with Crippen LogP contribution in [-0.2, 0) is 6.54 Å². The number of hydrogen-bond acceptors (Lipinski definition) is 4. The van der Waals surface area contributed by atoms with Crippen molar-refractivity contribution in [3.63, 3.8) is 0 Å². The standard InChI is InChI=1S/C29H30ClN5O3/c1-2-35-25-13-7-6-11-23(25)33-27(35)24(12-8-16-32-26(31)18-30)34-28(36)22-17-20(14-15-21(22)29(37)38)19-9-4-3-5-10-19/h3-7,9-11,13-15,17,24H,2,8,12,16,18H2,1H3,(H2,31,32)(H,34,36)(H,37,38)/t24-/m0/s1. The molecule has 1 atom stereocenters. The van der Waals surface area contributed by atoms with Crippen LogP contribution in [0.25, 0.3) is 22.2 Å². The molecule has 8 nitrogen and oxygen atoms in total. The van der Waals surface area contributed by atoms with Crippen molar-refractivity contribution in [2.24, 2.45) is 0 Å². The molecule has 1 aromatic heterocycles. The molecule has 0 aliphatic heterocycles. The molecule has 0 spiro atoms. The first-order valence-electron chi connectivity index (χ1n) is 12.5. The molecule has 0 aliphatic rings. The first-order valence-corrected chi connectivity index (χ1v) is 13.0. The number of imidazole rings is 1. The summed E-state index contributed by atoms with van der Waals surface area (Å²) in [6, 6.07) is 21.6. The van der Waals surface area contributed by atoms with Gasteiger partial charge in [-0.15, -0.1) is 11.6 Å². The quantitative estimate of drug-likeness (QED) is 0.0884. The minimum absolute atomic E-state index is 0.0675. The molecule has 38 heavy (non-hydrogen) atoms. The van der Waals surface area contributed by atoms with Crippen molar-refractivity contribution in [3.05, 3.63) is 89.7 Å². The van der Waals surface area contributed by atoms with Crippen molar-refractivity contribution < 1.29 is 14.7 Å². The van der Waals surface area contributed by atoms with Crippen LogP contribution >= 0.6 is 11.6 Å². The largest absolute Gasteiger partial charge is 0.478 e. The fourth-order valence-electron chi connectivity index (χ4n) is 4.52. The summed E-state index contributed by atoms with van der Waals surface area (Å²) in [7, 11) is 0. The Hall–Kier alpha value is -4.17. The van der Waals surface area contributed by atoms with E-state index in [0.717, 1.165) is 22.2 Å². The smallest absolute Gasteiger partial charge is 0.336 e. The Balaban J connectivity index is 1.68. The van der Waals surface area contributed by atoms with Gasteiger partial charge in [0.1, 0.15) is 11.7 Å².